The number of aliphatic hydroxyl groups is 1. The zero-order valence-electron chi connectivity index (χ0n) is 9.94. The molecule has 0 aliphatic carbocycles. The summed E-state index contributed by atoms with van der Waals surface area (Å²) in [5.74, 6) is 0.340. The highest BCUT2D eigenvalue weighted by molar-refractivity contribution is 5.95. The van der Waals surface area contributed by atoms with Crippen molar-refractivity contribution in [1.29, 1.82) is 0 Å². The van der Waals surface area contributed by atoms with E-state index in [1.54, 1.807) is 6.07 Å². The second-order valence-electron chi connectivity index (χ2n) is 4.50. The van der Waals surface area contributed by atoms with Gasteiger partial charge in [0.2, 0.25) is 5.91 Å². The van der Waals surface area contributed by atoms with E-state index in [0.29, 0.717) is 11.6 Å². The quantitative estimate of drug-likeness (QED) is 0.734. The molecule has 1 aromatic rings. The largest absolute Gasteiger partial charge is 0.392 e. The minimum Gasteiger partial charge on any atom is -0.392 e. The molecule has 1 saturated heterocycles. The molecule has 2 unspecified atom stereocenters. The number of hydrogen-bond acceptors (Lipinski definition) is 3. The Hall–Kier alpha value is -1.39. The van der Waals surface area contributed by atoms with E-state index in [1.807, 2.05) is 18.2 Å². The highest BCUT2D eigenvalue weighted by Gasteiger charge is 2.29. The minimum atomic E-state index is -0.123. The Bertz CT molecular complexity index is 406. The van der Waals surface area contributed by atoms with E-state index in [-0.39, 0.29) is 18.6 Å². The zero-order chi connectivity index (χ0) is 12.3. The SMILES string of the molecule is CC1CCNC1C(=O)Nc1ccccc1CO. The molecule has 1 aliphatic rings. The van der Waals surface area contributed by atoms with Crippen LogP contribution in [0.4, 0.5) is 5.69 Å². The van der Waals surface area contributed by atoms with Crippen LogP contribution < -0.4 is 10.6 Å². The van der Waals surface area contributed by atoms with Gasteiger partial charge >= 0.3 is 0 Å². The van der Waals surface area contributed by atoms with E-state index < -0.39 is 0 Å². The van der Waals surface area contributed by atoms with Crippen molar-refractivity contribution >= 4 is 11.6 Å². The van der Waals surface area contributed by atoms with Gasteiger partial charge in [-0.15, -0.1) is 0 Å². The third-order valence-electron chi connectivity index (χ3n) is 3.26. The van der Waals surface area contributed by atoms with Crippen LogP contribution in [0.2, 0.25) is 0 Å². The number of hydrogen-bond donors (Lipinski definition) is 3. The highest BCUT2D eigenvalue weighted by atomic mass is 16.3. The lowest BCUT2D eigenvalue weighted by molar-refractivity contribution is -0.118. The van der Waals surface area contributed by atoms with Crippen molar-refractivity contribution in [2.75, 3.05) is 11.9 Å². The Labute approximate surface area is 101 Å². The van der Waals surface area contributed by atoms with Gasteiger partial charge in [-0.3, -0.25) is 4.79 Å². The number of nitrogens with one attached hydrogen (secondary N) is 2. The Morgan fingerprint density at radius 2 is 2.29 bits per heavy atom. The van der Waals surface area contributed by atoms with Crippen LogP contribution in [-0.4, -0.2) is 23.6 Å². The van der Waals surface area contributed by atoms with Gasteiger partial charge in [0, 0.05) is 11.3 Å². The van der Waals surface area contributed by atoms with E-state index in [1.165, 1.54) is 0 Å². The summed E-state index contributed by atoms with van der Waals surface area (Å²) >= 11 is 0. The normalized spacial score (nSPS) is 23.6. The van der Waals surface area contributed by atoms with Crippen molar-refractivity contribution < 1.29 is 9.90 Å². The third-order valence-corrected chi connectivity index (χ3v) is 3.26. The van der Waals surface area contributed by atoms with Crippen LogP contribution in [0.1, 0.15) is 18.9 Å². The summed E-state index contributed by atoms with van der Waals surface area (Å²) in [6.45, 7) is 2.90. The van der Waals surface area contributed by atoms with Crippen molar-refractivity contribution in [1.82, 2.24) is 5.32 Å². The highest BCUT2D eigenvalue weighted by Crippen LogP contribution is 2.19. The van der Waals surface area contributed by atoms with Gasteiger partial charge in [0.15, 0.2) is 0 Å². The second kappa shape index (κ2) is 5.29. The first-order chi connectivity index (χ1) is 8.22. The number of para-hydroxylation sites is 1. The van der Waals surface area contributed by atoms with E-state index in [9.17, 15) is 9.90 Å². The van der Waals surface area contributed by atoms with Crippen molar-refractivity contribution in [3.63, 3.8) is 0 Å². The lowest BCUT2D eigenvalue weighted by Gasteiger charge is -2.16. The van der Waals surface area contributed by atoms with Gasteiger partial charge in [-0.25, -0.2) is 0 Å². The first-order valence-electron chi connectivity index (χ1n) is 5.95. The predicted octanol–water partition coefficient (Wildman–Crippen LogP) is 1.12. The molecule has 0 aromatic heterocycles. The maximum absolute atomic E-state index is 12.0. The molecule has 0 radical (unpaired) electrons. The molecular weight excluding hydrogens is 216 g/mol. The smallest absolute Gasteiger partial charge is 0.241 e. The van der Waals surface area contributed by atoms with E-state index >= 15 is 0 Å². The van der Waals surface area contributed by atoms with E-state index in [0.717, 1.165) is 18.5 Å². The van der Waals surface area contributed by atoms with Gasteiger partial charge in [-0.2, -0.15) is 0 Å². The summed E-state index contributed by atoms with van der Waals surface area (Å²) in [6, 6.07) is 7.18. The summed E-state index contributed by atoms with van der Waals surface area (Å²) in [7, 11) is 0. The Morgan fingerprint density at radius 3 is 2.94 bits per heavy atom. The standard InChI is InChI=1S/C13H18N2O2/c1-9-6-7-14-12(9)13(17)15-11-5-3-2-4-10(11)8-16/h2-5,9,12,14,16H,6-8H2,1H3,(H,15,17). The number of amides is 1. The molecule has 0 spiro atoms. The fraction of sp³-hybridized carbons (Fsp3) is 0.462. The second-order valence-corrected chi connectivity index (χ2v) is 4.50. The molecule has 1 aromatic carbocycles. The molecule has 1 amide bonds. The first kappa shape index (κ1) is 12.1. The number of carbonyl (C=O) groups excluding carboxylic acids is 1. The summed E-state index contributed by atoms with van der Waals surface area (Å²) < 4.78 is 0. The Morgan fingerprint density at radius 1 is 1.53 bits per heavy atom. The third kappa shape index (κ3) is 2.65. The predicted molar refractivity (Wildman–Crippen MR) is 66.6 cm³/mol. The fourth-order valence-electron chi connectivity index (χ4n) is 2.18. The maximum Gasteiger partial charge on any atom is 0.241 e. The number of rotatable bonds is 3. The topological polar surface area (TPSA) is 61.4 Å². The molecule has 17 heavy (non-hydrogen) atoms. The van der Waals surface area contributed by atoms with Crippen LogP contribution in [0.15, 0.2) is 24.3 Å². The monoisotopic (exact) mass is 234 g/mol. The molecule has 1 aliphatic heterocycles. The molecule has 1 fully saturated rings. The van der Waals surface area contributed by atoms with Gasteiger partial charge < -0.3 is 15.7 Å². The first-order valence-corrected chi connectivity index (χ1v) is 5.95. The molecule has 92 valence electrons. The van der Waals surface area contributed by atoms with Gasteiger partial charge in [-0.1, -0.05) is 25.1 Å². The van der Waals surface area contributed by atoms with Crippen molar-refractivity contribution in [3.05, 3.63) is 29.8 Å². The van der Waals surface area contributed by atoms with Crippen molar-refractivity contribution in [2.45, 2.75) is 26.0 Å². The van der Waals surface area contributed by atoms with Crippen LogP contribution in [-0.2, 0) is 11.4 Å². The Kier molecular flexibility index (Phi) is 3.76. The number of anilines is 1. The number of benzene rings is 1. The van der Waals surface area contributed by atoms with Gasteiger partial charge in [0.25, 0.3) is 0 Å². The summed E-state index contributed by atoms with van der Waals surface area (Å²) in [5, 5.41) is 15.2. The van der Waals surface area contributed by atoms with Crippen LogP contribution in [0.25, 0.3) is 0 Å². The fourth-order valence-corrected chi connectivity index (χ4v) is 2.18. The molecule has 1 heterocycles. The molecule has 2 atom stereocenters. The molecule has 3 N–H and O–H groups in total. The lowest BCUT2D eigenvalue weighted by atomic mass is 10.0. The van der Waals surface area contributed by atoms with Crippen LogP contribution in [0, 0.1) is 5.92 Å². The van der Waals surface area contributed by atoms with Crippen molar-refractivity contribution in [2.24, 2.45) is 5.92 Å². The van der Waals surface area contributed by atoms with Gasteiger partial charge in [-0.05, 0) is 24.9 Å². The average Bonchev–Trinajstić information content (AvgIpc) is 2.76. The lowest BCUT2D eigenvalue weighted by Crippen LogP contribution is -2.39. The number of carbonyl (C=O) groups is 1. The van der Waals surface area contributed by atoms with Gasteiger partial charge in [0.1, 0.15) is 0 Å². The number of aliphatic hydroxyl groups excluding tert-OH is 1. The molecule has 4 heteroatoms. The molecule has 2 rings (SSSR count). The summed E-state index contributed by atoms with van der Waals surface area (Å²) in [4.78, 5) is 12.0. The zero-order valence-corrected chi connectivity index (χ0v) is 9.94. The molecule has 4 nitrogen and oxygen atoms in total. The molecular formula is C13H18N2O2. The summed E-state index contributed by atoms with van der Waals surface area (Å²) in [5.41, 5.74) is 1.44. The Balaban J connectivity index is 2.07. The van der Waals surface area contributed by atoms with E-state index in [2.05, 4.69) is 17.6 Å². The van der Waals surface area contributed by atoms with Crippen molar-refractivity contribution in [3.8, 4) is 0 Å². The van der Waals surface area contributed by atoms with E-state index in [4.69, 9.17) is 0 Å². The maximum atomic E-state index is 12.0. The van der Waals surface area contributed by atoms with Crippen LogP contribution in [0.3, 0.4) is 0 Å². The van der Waals surface area contributed by atoms with Gasteiger partial charge in [0.05, 0.1) is 12.6 Å². The summed E-state index contributed by atoms with van der Waals surface area (Å²) in [6.07, 6.45) is 1.03. The van der Waals surface area contributed by atoms with Crippen LogP contribution in [0.5, 0.6) is 0 Å². The average molecular weight is 234 g/mol. The van der Waals surface area contributed by atoms with Crippen LogP contribution >= 0.6 is 0 Å². The molecule has 0 saturated carbocycles. The molecule has 0 bridgehead atoms. The minimum absolute atomic E-state index is 0.0177.